The summed E-state index contributed by atoms with van der Waals surface area (Å²) in [5.74, 6) is -0.485. The highest BCUT2D eigenvalue weighted by Gasteiger charge is 2.20. The van der Waals surface area contributed by atoms with Crippen molar-refractivity contribution < 1.29 is 13.5 Å². The second-order valence-electron chi connectivity index (χ2n) is 2.89. The highest BCUT2D eigenvalue weighted by molar-refractivity contribution is 8.13. The maximum absolute atomic E-state index is 11.2. The van der Waals surface area contributed by atoms with Gasteiger partial charge in [-0.2, -0.15) is 5.26 Å². The molecule has 0 saturated carbocycles. The van der Waals surface area contributed by atoms with E-state index in [9.17, 15) is 13.5 Å². The van der Waals surface area contributed by atoms with Crippen molar-refractivity contribution in [3.05, 3.63) is 23.3 Å². The summed E-state index contributed by atoms with van der Waals surface area (Å²) >= 11 is 0. The van der Waals surface area contributed by atoms with Gasteiger partial charge in [-0.3, -0.25) is 0 Å². The number of phenols is 1. The van der Waals surface area contributed by atoms with Gasteiger partial charge in [-0.05, 0) is 24.1 Å². The Balaban J connectivity index is 3.61. The Morgan fingerprint density at radius 2 is 2.13 bits per heavy atom. The van der Waals surface area contributed by atoms with E-state index in [4.69, 9.17) is 15.9 Å². The minimum atomic E-state index is -3.99. The third-order valence-corrected chi connectivity index (χ3v) is 3.32. The van der Waals surface area contributed by atoms with E-state index in [0.717, 1.165) is 6.07 Å². The fourth-order valence-corrected chi connectivity index (χ4v) is 2.64. The molecule has 0 aliphatic rings. The topological polar surface area (TPSA) is 78.2 Å². The zero-order valence-corrected chi connectivity index (χ0v) is 9.43. The van der Waals surface area contributed by atoms with E-state index in [2.05, 4.69) is 0 Å². The maximum atomic E-state index is 11.2. The lowest BCUT2D eigenvalue weighted by molar-refractivity contribution is 0.457. The molecule has 4 nitrogen and oxygen atoms in total. The lowest BCUT2D eigenvalue weighted by Gasteiger charge is -2.07. The summed E-state index contributed by atoms with van der Waals surface area (Å²) in [4.78, 5) is -0.314. The first-order valence-electron chi connectivity index (χ1n) is 4.10. The Hall–Kier alpha value is -1.25. The number of nitriles is 1. The number of hydrogen-bond donors (Lipinski definition) is 1. The number of hydrogen-bond acceptors (Lipinski definition) is 4. The van der Waals surface area contributed by atoms with E-state index in [1.54, 1.807) is 6.92 Å². The summed E-state index contributed by atoms with van der Waals surface area (Å²) in [6, 6.07) is 4.30. The Labute approximate surface area is 92.1 Å². The molecule has 1 aromatic rings. The smallest absolute Gasteiger partial charge is 0.265 e. The maximum Gasteiger partial charge on any atom is 0.265 e. The van der Waals surface area contributed by atoms with Gasteiger partial charge in [0.05, 0.1) is 11.6 Å². The first-order chi connectivity index (χ1) is 6.90. The predicted octanol–water partition coefficient (Wildman–Crippen LogP) is 1.75. The summed E-state index contributed by atoms with van der Waals surface area (Å²) in [6.07, 6.45) is 0.365. The monoisotopic (exact) mass is 245 g/mol. The van der Waals surface area contributed by atoms with Crippen molar-refractivity contribution in [2.75, 3.05) is 0 Å². The molecule has 0 aromatic heterocycles. The van der Waals surface area contributed by atoms with Crippen molar-refractivity contribution in [1.29, 1.82) is 5.26 Å². The predicted molar refractivity (Wildman–Crippen MR) is 55.2 cm³/mol. The van der Waals surface area contributed by atoms with Crippen molar-refractivity contribution in [2.45, 2.75) is 18.2 Å². The minimum Gasteiger partial charge on any atom is -0.506 e. The molecule has 0 aliphatic carbocycles. The second-order valence-corrected chi connectivity index (χ2v) is 5.39. The van der Waals surface area contributed by atoms with Gasteiger partial charge < -0.3 is 5.11 Å². The lowest BCUT2D eigenvalue weighted by atomic mass is 10.1. The molecule has 0 bridgehead atoms. The van der Waals surface area contributed by atoms with Gasteiger partial charge >= 0.3 is 0 Å². The molecular weight excluding hydrogens is 238 g/mol. The average molecular weight is 246 g/mol. The normalized spacial score (nSPS) is 11.0. The van der Waals surface area contributed by atoms with E-state index < -0.39 is 14.8 Å². The molecule has 0 unspecified atom stereocenters. The minimum absolute atomic E-state index is 0.202. The average Bonchev–Trinajstić information content (AvgIpc) is 2.14. The van der Waals surface area contributed by atoms with Crippen LogP contribution in [0, 0.1) is 11.3 Å². The number of rotatable bonds is 2. The van der Waals surface area contributed by atoms with E-state index >= 15 is 0 Å². The molecule has 80 valence electrons. The van der Waals surface area contributed by atoms with E-state index in [0.29, 0.717) is 12.0 Å². The third kappa shape index (κ3) is 2.41. The van der Waals surface area contributed by atoms with Crippen molar-refractivity contribution >= 4 is 19.7 Å². The van der Waals surface area contributed by atoms with Crippen LogP contribution in [-0.2, 0) is 15.5 Å². The van der Waals surface area contributed by atoms with Crippen LogP contribution >= 0.6 is 10.7 Å². The van der Waals surface area contributed by atoms with Gasteiger partial charge in [0.25, 0.3) is 9.05 Å². The van der Waals surface area contributed by atoms with Crippen molar-refractivity contribution in [2.24, 2.45) is 0 Å². The third-order valence-electron chi connectivity index (χ3n) is 1.90. The molecule has 0 aliphatic heterocycles. The molecule has 0 saturated heterocycles. The van der Waals surface area contributed by atoms with Crippen LogP contribution in [0.5, 0.6) is 5.75 Å². The molecule has 6 heteroatoms. The molecule has 1 aromatic carbocycles. The Kier molecular flexibility index (Phi) is 3.22. The summed E-state index contributed by atoms with van der Waals surface area (Å²) in [5, 5.41) is 18.1. The molecule has 0 spiro atoms. The molecule has 1 N–H and O–H groups in total. The van der Waals surface area contributed by atoms with E-state index in [1.807, 2.05) is 6.07 Å². The SMILES string of the molecule is CCc1cc(C#N)cc(O)c1S(=O)(=O)Cl. The van der Waals surface area contributed by atoms with Gasteiger partial charge in [0.15, 0.2) is 0 Å². The summed E-state index contributed by atoms with van der Waals surface area (Å²) in [5.41, 5.74) is 0.537. The van der Waals surface area contributed by atoms with Crippen LogP contribution in [0.25, 0.3) is 0 Å². The zero-order valence-electron chi connectivity index (χ0n) is 7.86. The first kappa shape index (κ1) is 11.8. The fraction of sp³-hybridized carbons (Fsp3) is 0.222. The molecule has 0 radical (unpaired) electrons. The van der Waals surface area contributed by atoms with Crippen molar-refractivity contribution in [3.8, 4) is 11.8 Å². The van der Waals surface area contributed by atoms with Crippen LogP contribution in [0.4, 0.5) is 0 Å². The molecule has 0 atom stereocenters. The van der Waals surface area contributed by atoms with Crippen LogP contribution < -0.4 is 0 Å². The van der Waals surface area contributed by atoms with Gasteiger partial charge in [0.2, 0.25) is 0 Å². The van der Waals surface area contributed by atoms with Gasteiger partial charge in [-0.25, -0.2) is 8.42 Å². The fourth-order valence-electron chi connectivity index (χ4n) is 1.28. The summed E-state index contributed by atoms with van der Waals surface area (Å²) < 4.78 is 22.3. The largest absolute Gasteiger partial charge is 0.506 e. The van der Waals surface area contributed by atoms with Crippen LogP contribution in [0.2, 0.25) is 0 Å². The molecule has 0 heterocycles. The zero-order chi connectivity index (χ0) is 11.6. The van der Waals surface area contributed by atoms with Crippen molar-refractivity contribution in [3.63, 3.8) is 0 Å². The van der Waals surface area contributed by atoms with E-state index in [1.165, 1.54) is 6.07 Å². The summed E-state index contributed by atoms with van der Waals surface area (Å²) in [6.45, 7) is 1.71. The van der Waals surface area contributed by atoms with Crippen molar-refractivity contribution in [1.82, 2.24) is 0 Å². The Morgan fingerprint density at radius 3 is 2.53 bits per heavy atom. The molecular formula is C9H8ClNO3S. The number of halogens is 1. The van der Waals surface area contributed by atoms with E-state index in [-0.39, 0.29) is 10.5 Å². The lowest BCUT2D eigenvalue weighted by Crippen LogP contribution is -1.98. The number of benzene rings is 1. The first-order valence-corrected chi connectivity index (χ1v) is 6.41. The Bertz CT molecular complexity index is 531. The second kappa shape index (κ2) is 4.09. The number of phenolic OH excluding ortho intramolecular Hbond substituents is 1. The quantitative estimate of drug-likeness (QED) is 0.806. The summed E-state index contributed by atoms with van der Waals surface area (Å²) in [7, 11) is 1.18. The van der Waals surface area contributed by atoms with Crippen LogP contribution in [0.1, 0.15) is 18.1 Å². The van der Waals surface area contributed by atoms with Gasteiger partial charge in [-0.1, -0.05) is 6.92 Å². The van der Waals surface area contributed by atoms with Gasteiger partial charge in [-0.15, -0.1) is 0 Å². The molecule has 0 fully saturated rings. The number of aryl methyl sites for hydroxylation is 1. The van der Waals surface area contributed by atoms with Gasteiger partial charge in [0.1, 0.15) is 10.6 Å². The Morgan fingerprint density at radius 1 is 1.53 bits per heavy atom. The van der Waals surface area contributed by atoms with Crippen LogP contribution in [-0.4, -0.2) is 13.5 Å². The van der Waals surface area contributed by atoms with Crippen LogP contribution in [0.15, 0.2) is 17.0 Å². The number of aromatic hydroxyl groups is 1. The number of nitrogens with zero attached hydrogens (tertiary/aromatic N) is 1. The van der Waals surface area contributed by atoms with Gasteiger partial charge in [0, 0.05) is 10.7 Å². The molecule has 1 rings (SSSR count). The standard InChI is InChI=1S/C9H8ClNO3S/c1-2-7-3-6(5-11)4-8(12)9(7)15(10,13)14/h3-4,12H,2H2,1H3. The molecule has 0 amide bonds. The highest BCUT2D eigenvalue weighted by Crippen LogP contribution is 2.31. The molecule has 15 heavy (non-hydrogen) atoms. The highest BCUT2D eigenvalue weighted by atomic mass is 35.7. The van der Waals surface area contributed by atoms with Crippen LogP contribution in [0.3, 0.4) is 0 Å².